The monoisotopic (exact) mass is 545 g/mol. The van der Waals surface area contributed by atoms with E-state index in [1.54, 1.807) is 23.1 Å². The smallest absolute Gasteiger partial charge is 0.189 e. The second-order valence-corrected chi connectivity index (χ2v) is 13.3. The number of ether oxygens (including phenoxy) is 2. The van der Waals surface area contributed by atoms with Crippen LogP contribution in [0.25, 0.3) is 20.4 Å². The Morgan fingerprint density at radius 2 is 1.81 bits per heavy atom. The normalized spacial score (nSPS) is 20.8. The molecule has 0 amide bonds. The second kappa shape index (κ2) is 10.5. The zero-order valence-corrected chi connectivity index (χ0v) is 23.9. The van der Waals surface area contributed by atoms with Crippen molar-refractivity contribution in [3.63, 3.8) is 0 Å². The van der Waals surface area contributed by atoms with Gasteiger partial charge in [-0.05, 0) is 51.6 Å². The number of rotatable bonds is 6. The summed E-state index contributed by atoms with van der Waals surface area (Å²) in [5.41, 5.74) is 3.45. The first-order valence-electron chi connectivity index (χ1n) is 13.0. The van der Waals surface area contributed by atoms with Crippen LogP contribution in [0.4, 0.5) is 5.82 Å². The Balaban J connectivity index is 1.44. The van der Waals surface area contributed by atoms with Crippen molar-refractivity contribution in [2.75, 3.05) is 62.8 Å². The molecule has 3 aromatic heterocycles. The van der Waals surface area contributed by atoms with E-state index in [2.05, 4.69) is 29.9 Å². The number of pyridine rings is 1. The molecule has 3 aliphatic heterocycles. The van der Waals surface area contributed by atoms with Crippen LogP contribution in [-0.4, -0.2) is 83.4 Å². The number of piperidine rings is 1. The van der Waals surface area contributed by atoms with Crippen molar-refractivity contribution in [1.82, 2.24) is 19.9 Å². The predicted molar refractivity (Wildman–Crippen MR) is 151 cm³/mol. The number of nitrogens with zero attached hydrogens (tertiary/aromatic N) is 5. The zero-order chi connectivity index (χ0) is 24.7. The maximum absolute atomic E-state index is 6.30. The molecule has 0 spiro atoms. The lowest BCUT2D eigenvalue weighted by molar-refractivity contribution is -0.0396. The van der Waals surface area contributed by atoms with E-state index >= 15 is 0 Å². The molecule has 0 aliphatic carbocycles. The summed E-state index contributed by atoms with van der Waals surface area (Å²) in [4.78, 5) is 21.4. The van der Waals surface area contributed by atoms with Crippen molar-refractivity contribution in [2.45, 2.75) is 61.9 Å². The maximum atomic E-state index is 6.30. The first-order chi connectivity index (χ1) is 17.5. The first-order valence-corrected chi connectivity index (χ1v) is 16.1. The molecule has 36 heavy (non-hydrogen) atoms. The molecule has 10 heteroatoms. The van der Waals surface area contributed by atoms with E-state index in [0.717, 1.165) is 71.4 Å². The lowest BCUT2D eigenvalue weighted by Gasteiger charge is -2.36. The summed E-state index contributed by atoms with van der Waals surface area (Å²) < 4.78 is 13.1. The van der Waals surface area contributed by atoms with E-state index < -0.39 is 0 Å². The summed E-state index contributed by atoms with van der Waals surface area (Å²) in [7, 11) is 0. The van der Waals surface area contributed by atoms with Gasteiger partial charge >= 0.3 is 0 Å². The minimum absolute atomic E-state index is 0.209. The molecular formula is C26H35N5O2S3. The van der Waals surface area contributed by atoms with Gasteiger partial charge in [-0.15, -0.1) is 23.1 Å². The number of fused-ring (bicyclic) bond motifs is 5. The quantitative estimate of drug-likeness (QED) is 0.235. The van der Waals surface area contributed by atoms with Gasteiger partial charge < -0.3 is 19.3 Å². The van der Waals surface area contributed by atoms with Gasteiger partial charge in [-0.1, -0.05) is 18.2 Å². The van der Waals surface area contributed by atoms with Crippen molar-refractivity contribution in [3.05, 3.63) is 11.1 Å². The van der Waals surface area contributed by atoms with Gasteiger partial charge in [0.1, 0.15) is 15.7 Å². The molecule has 6 rings (SSSR count). The average Bonchev–Trinajstić information content (AvgIpc) is 3.27. The van der Waals surface area contributed by atoms with Crippen LogP contribution >= 0.6 is 34.9 Å². The molecule has 3 aromatic rings. The Hall–Kier alpha value is -1.17. The fourth-order valence-corrected chi connectivity index (χ4v) is 8.16. The van der Waals surface area contributed by atoms with Crippen molar-refractivity contribution in [2.24, 2.45) is 0 Å². The van der Waals surface area contributed by atoms with Gasteiger partial charge in [0, 0.05) is 42.8 Å². The van der Waals surface area contributed by atoms with Gasteiger partial charge in [-0.3, -0.25) is 0 Å². The van der Waals surface area contributed by atoms with E-state index in [4.69, 9.17) is 24.4 Å². The molecule has 0 atom stereocenters. The molecule has 0 aromatic carbocycles. The molecule has 2 saturated heterocycles. The molecule has 0 unspecified atom stereocenters. The lowest BCUT2D eigenvalue weighted by Crippen LogP contribution is -2.39. The van der Waals surface area contributed by atoms with E-state index in [1.807, 2.05) is 11.8 Å². The molecule has 6 heterocycles. The van der Waals surface area contributed by atoms with Gasteiger partial charge in [0.15, 0.2) is 5.16 Å². The van der Waals surface area contributed by atoms with Crippen LogP contribution in [0.15, 0.2) is 10.2 Å². The van der Waals surface area contributed by atoms with E-state index in [0.29, 0.717) is 6.61 Å². The summed E-state index contributed by atoms with van der Waals surface area (Å²) in [5, 5.41) is 3.17. The van der Waals surface area contributed by atoms with E-state index in [9.17, 15) is 0 Å². The number of aromatic nitrogens is 3. The van der Waals surface area contributed by atoms with Crippen LogP contribution in [0.3, 0.4) is 0 Å². The minimum atomic E-state index is -0.209. The molecule has 3 aliphatic rings. The first kappa shape index (κ1) is 25.1. The van der Waals surface area contributed by atoms with Crippen molar-refractivity contribution in [1.29, 1.82) is 0 Å². The van der Waals surface area contributed by atoms with Crippen LogP contribution in [0.5, 0.6) is 0 Å². The number of hydrogen-bond acceptors (Lipinski definition) is 10. The van der Waals surface area contributed by atoms with Gasteiger partial charge in [0.25, 0.3) is 0 Å². The Labute approximate surface area is 225 Å². The third-order valence-corrected chi connectivity index (χ3v) is 10.1. The number of likely N-dealkylation sites (tertiary alicyclic amines) is 1. The molecule has 0 bridgehead atoms. The lowest BCUT2D eigenvalue weighted by atomic mass is 9.90. The summed E-state index contributed by atoms with van der Waals surface area (Å²) in [5.74, 6) is 2.12. The molecular weight excluding hydrogens is 511 g/mol. The van der Waals surface area contributed by atoms with Crippen molar-refractivity contribution in [3.8, 4) is 0 Å². The summed E-state index contributed by atoms with van der Waals surface area (Å²) in [6.45, 7) is 11.8. The van der Waals surface area contributed by atoms with Gasteiger partial charge in [-0.25, -0.2) is 15.0 Å². The number of thioether (sulfide) groups is 2. The summed E-state index contributed by atoms with van der Waals surface area (Å²) in [6.07, 6.45) is 6.97. The Morgan fingerprint density at radius 1 is 1.00 bits per heavy atom. The van der Waals surface area contributed by atoms with Crippen LogP contribution in [0.1, 0.15) is 44.2 Å². The third-order valence-electron chi connectivity index (χ3n) is 7.40. The van der Waals surface area contributed by atoms with Crippen LogP contribution in [0.2, 0.25) is 0 Å². The third kappa shape index (κ3) is 4.97. The predicted octanol–water partition coefficient (Wildman–Crippen LogP) is 5.23. The topological polar surface area (TPSA) is 63.6 Å². The Bertz CT molecular complexity index is 1250. The Kier molecular flexibility index (Phi) is 7.35. The Morgan fingerprint density at radius 3 is 2.58 bits per heavy atom. The van der Waals surface area contributed by atoms with Gasteiger partial charge in [0.2, 0.25) is 0 Å². The summed E-state index contributed by atoms with van der Waals surface area (Å²) >= 11 is 5.27. The van der Waals surface area contributed by atoms with Crippen molar-refractivity contribution >= 4 is 61.1 Å². The minimum Gasteiger partial charge on any atom is -0.378 e. The van der Waals surface area contributed by atoms with Crippen LogP contribution in [-0.2, 0) is 22.5 Å². The largest absolute Gasteiger partial charge is 0.378 e. The van der Waals surface area contributed by atoms with E-state index in [1.165, 1.54) is 53.6 Å². The molecule has 2 fully saturated rings. The number of thiophene rings is 1. The standard InChI is InChI=1S/C26H35N5O2S3/c1-26(2)15-17-18(16-33-26)22(31-9-12-32-13-10-31)28-23-19(17)20-21(36-23)24(29-25(27-20)34-3)35-14-11-30-7-5-4-6-8-30/h4-16H2,1-3H3. The summed E-state index contributed by atoms with van der Waals surface area (Å²) in [6, 6.07) is 0. The fourth-order valence-electron chi connectivity index (χ4n) is 5.49. The van der Waals surface area contributed by atoms with Crippen LogP contribution in [0, 0.1) is 0 Å². The second-order valence-electron chi connectivity index (χ2n) is 10.4. The highest BCUT2D eigenvalue weighted by atomic mass is 32.2. The zero-order valence-electron chi connectivity index (χ0n) is 21.5. The highest BCUT2D eigenvalue weighted by Gasteiger charge is 2.33. The van der Waals surface area contributed by atoms with Crippen LogP contribution < -0.4 is 4.90 Å². The van der Waals surface area contributed by atoms with Gasteiger partial charge in [0.05, 0.1) is 35.6 Å². The molecule has 0 radical (unpaired) electrons. The number of morpholine rings is 1. The maximum Gasteiger partial charge on any atom is 0.189 e. The molecule has 0 saturated carbocycles. The molecule has 7 nitrogen and oxygen atoms in total. The molecule has 0 N–H and O–H groups in total. The highest BCUT2D eigenvalue weighted by molar-refractivity contribution is 7.99. The number of anilines is 1. The SMILES string of the molecule is CSc1nc(SCCN2CCCCC2)c2sc3nc(N4CCOCC4)c4c(c3c2n1)CC(C)(C)OC4. The van der Waals surface area contributed by atoms with E-state index in [-0.39, 0.29) is 5.60 Å². The fraction of sp³-hybridized carbons (Fsp3) is 0.654. The average molecular weight is 546 g/mol. The molecule has 194 valence electrons. The van der Waals surface area contributed by atoms with Gasteiger partial charge in [-0.2, -0.15) is 0 Å². The van der Waals surface area contributed by atoms with Crippen molar-refractivity contribution < 1.29 is 9.47 Å². The highest BCUT2D eigenvalue weighted by Crippen LogP contribution is 2.45. The number of hydrogen-bond donors (Lipinski definition) is 0.